The molecular weight excluding hydrogens is 494 g/mol. The molecule has 38 heavy (non-hydrogen) atoms. The zero-order chi connectivity index (χ0) is 26.3. The van der Waals surface area contributed by atoms with E-state index in [9.17, 15) is 4.79 Å². The van der Waals surface area contributed by atoms with Gasteiger partial charge in [0.15, 0.2) is 11.5 Å². The standard InChI is InChI=1S/C31H33N3O3S/c1-36-26-12-7-8-23(29(26)37-20-22-16-14-21(18-32)15-17-22)19-33-31-28(25-11-5-6-13-27(25)38-31)30(35)34-24-9-3-2-4-10-24/h7-8,12,14-17,19,24H,2-6,9-11,13,20H2,1H3,(H,34,35). The number of aryl methyl sites for hydroxylation is 1. The Morgan fingerprint density at radius 2 is 1.89 bits per heavy atom. The molecule has 5 rings (SSSR count). The average Bonchev–Trinajstić information content (AvgIpc) is 3.34. The molecule has 2 aliphatic carbocycles. The molecule has 7 heteroatoms. The number of carbonyl (C=O) groups excluding carboxylic acids is 1. The van der Waals surface area contributed by atoms with Crippen LogP contribution >= 0.6 is 11.3 Å². The summed E-state index contributed by atoms with van der Waals surface area (Å²) in [6.45, 7) is 0.329. The smallest absolute Gasteiger partial charge is 0.254 e. The Hall–Kier alpha value is -3.63. The Morgan fingerprint density at radius 3 is 2.66 bits per heavy atom. The maximum absolute atomic E-state index is 13.5. The summed E-state index contributed by atoms with van der Waals surface area (Å²) in [4.78, 5) is 19.7. The molecule has 0 radical (unpaired) electrons. The molecule has 6 nitrogen and oxygen atoms in total. The molecule has 0 spiro atoms. The monoisotopic (exact) mass is 527 g/mol. The van der Waals surface area contributed by atoms with Gasteiger partial charge in [-0.05, 0) is 73.9 Å². The topological polar surface area (TPSA) is 83.7 Å². The summed E-state index contributed by atoms with van der Waals surface area (Å²) >= 11 is 1.64. The van der Waals surface area contributed by atoms with Gasteiger partial charge in [-0.3, -0.25) is 4.79 Å². The molecule has 1 amide bonds. The lowest BCUT2D eigenvalue weighted by Crippen LogP contribution is -2.36. The minimum absolute atomic E-state index is 0.0198. The van der Waals surface area contributed by atoms with Crippen LogP contribution in [0.25, 0.3) is 0 Å². The highest BCUT2D eigenvalue weighted by Crippen LogP contribution is 2.40. The Labute approximate surface area is 228 Å². The number of para-hydroxylation sites is 1. The summed E-state index contributed by atoms with van der Waals surface area (Å²) < 4.78 is 11.8. The first-order valence-electron chi connectivity index (χ1n) is 13.4. The van der Waals surface area contributed by atoms with Gasteiger partial charge in [-0.25, -0.2) is 4.99 Å². The first kappa shape index (κ1) is 26.0. The van der Waals surface area contributed by atoms with Crippen molar-refractivity contribution in [3.05, 3.63) is 75.2 Å². The zero-order valence-electron chi connectivity index (χ0n) is 21.8. The minimum atomic E-state index is 0.0198. The van der Waals surface area contributed by atoms with Crippen molar-refractivity contribution in [3.63, 3.8) is 0 Å². The van der Waals surface area contributed by atoms with E-state index < -0.39 is 0 Å². The van der Waals surface area contributed by atoms with Crippen molar-refractivity contribution in [2.24, 2.45) is 4.99 Å². The number of nitrogens with one attached hydrogen (secondary N) is 1. The van der Waals surface area contributed by atoms with Gasteiger partial charge in [0.1, 0.15) is 11.6 Å². The van der Waals surface area contributed by atoms with Crippen molar-refractivity contribution in [3.8, 4) is 17.6 Å². The molecule has 0 atom stereocenters. The van der Waals surface area contributed by atoms with Crippen molar-refractivity contribution in [2.45, 2.75) is 70.4 Å². The molecule has 1 aromatic heterocycles. The first-order valence-corrected chi connectivity index (χ1v) is 14.3. The van der Waals surface area contributed by atoms with Gasteiger partial charge in [-0.2, -0.15) is 5.26 Å². The quantitative estimate of drug-likeness (QED) is 0.323. The number of ether oxygens (including phenoxy) is 2. The van der Waals surface area contributed by atoms with Gasteiger partial charge in [0.25, 0.3) is 5.91 Å². The molecule has 0 saturated heterocycles. The zero-order valence-corrected chi connectivity index (χ0v) is 22.6. The van der Waals surface area contributed by atoms with E-state index in [-0.39, 0.29) is 11.9 Å². The van der Waals surface area contributed by atoms with Crippen molar-refractivity contribution >= 4 is 28.5 Å². The molecule has 2 aromatic carbocycles. The number of nitrogens with zero attached hydrogens (tertiary/aromatic N) is 2. The molecule has 0 bridgehead atoms. The van der Waals surface area contributed by atoms with Crippen LogP contribution in [0.3, 0.4) is 0 Å². The Balaban J connectivity index is 1.41. The highest BCUT2D eigenvalue weighted by atomic mass is 32.1. The van der Waals surface area contributed by atoms with Crippen LogP contribution < -0.4 is 14.8 Å². The SMILES string of the molecule is COc1cccc(C=Nc2sc3c(c2C(=O)NC2CCCCC2)CCCC3)c1OCc1ccc(C#N)cc1. The second kappa shape index (κ2) is 12.3. The van der Waals surface area contributed by atoms with E-state index >= 15 is 0 Å². The van der Waals surface area contributed by atoms with E-state index in [1.165, 1.54) is 29.7 Å². The van der Waals surface area contributed by atoms with Gasteiger partial charge in [0.05, 0.1) is 24.3 Å². The molecule has 2 aliphatic rings. The van der Waals surface area contributed by atoms with Crippen LogP contribution in [0.1, 0.15) is 82.4 Å². The fraction of sp³-hybridized carbons (Fsp3) is 0.387. The summed E-state index contributed by atoms with van der Waals surface area (Å²) in [6.07, 6.45) is 11.7. The van der Waals surface area contributed by atoms with Crippen LogP contribution in [0.4, 0.5) is 5.00 Å². The first-order chi connectivity index (χ1) is 18.7. The third-order valence-corrected chi connectivity index (χ3v) is 8.54. The molecule has 1 heterocycles. The van der Waals surface area contributed by atoms with E-state index in [2.05, 4.69) is 11.4 Å². The molecular formula is C31H33N3O3S. The number of amides is 1. The summed E-state index contributed by atoms with van der Waals surface area (Å²) in [6, 6.07) is 15.4. The number of benzene rings is 2. The lowest BCUT2D eigenvalue weighted by atomic mass is 9.93. The summed E-state index contributed by atoms with van der Waals surface area (Å²) in [5, 5.41) is 13.1. The fourth-order valence-corrected chi connectivity index (χ4v) is 6.52. The van der Waals surface area contributed by atoms with Crippen LogP contribution in [0.15, 0.2) is 47.5 Å². The van der Waals surface area contributed by atoms with E-state index in [4.69, 9.17) is 19.7 Å². The number of nitriles is 1. The number of hydrogen-bond donors (Lipinski definition) is 1. The molecule has 1 saturated carbocycles. The van der Waals surface area contributed by atoms with Crippen molar-refractivity contribution in [1.82, 2.24) is 5.32 Å². The second-order valence-electron chi connectivity index (χ2n) is 9.93. The number of thiophene rings is 1. The molecule has 1 N–H and O–H groups in total. The number of carbonyl (C=O) groups is 1. The number of rotatable bonds is 8. The summed E-state index contributed by atoms with van der Waals surface area (Å²) in [7, 11) is 1.62. The van der Waals surface area contributed by atoms with E-state index in [0.29, 0.717) is 23.7 Å². The minimum Gasteiger partial charge on any atom is -0.493 e. The van der Waals surface area contributed by atoms with E-state index in [0.717, 1.165) is 60.2 Å². The largest absolute Gasteiger partial charge is 0.493 e. The highest BCUT2D eigenvalue weighted by Gasteiger charge is 2.27. The number of hydrogen-bond acceptors (Lipinski definition) is 6. The molecule has 3 aromatic rings. The third-order valence-electron chi connectivity index (χ3n) is 7.34. The Kier molecular flexibility index (Phi) is 8.40. The van der Waals surface area contributed by atoms with E-state index in [1.807, 2.05) is 30.3 Å². The molecule has 196 valence electrons. The van der Waals surface area contributed by atoms with E-state index in [1.54, 1.807) is 36.8 Å². The maximum Gasteiger partial charge on any atom is 0.254 e. The van der Waals surface area contributed by atoms with Crippen LogP contribution in [0, 0.1) is 11.3 Å². The third kappa shape index (κ3) is 5.92. The predicted molar refractivity (Wildman–Crippen MR) is 151 cm³/mol. The van der Waals surface area contributed by atoms with Crippen molar-refractivity contribution < 1.29 is 14.3 Å². The predicted octanol–water partition coefficient (Wildman–Crippen LogP) is 6.90. The number of methoxy groups -OCH3 is 1. The molecule has 0 aliphatic heterocycles. The second-order valence-corrected chi connectivity index (χ2v) is 11.0. The van der Waals surface area contributed by atoms with Crippen LogP contribution in [0.5, 0.6) is 11.5 Å². The molecule has 1 fully saturated rings. The lowest BCUT2D eigenvalue weighted by Gasteiger charge is -2.23. The highest BCUT2D eigenvalue weighted by molar-refractivity contribution is 7.16. The lowest BCUT2D eigenvalue weighted by molar-refractivity contribution is 0.0927. The van der Waals surface area contributed by atoms with Gasteiger partial charge in [0, 0.05) is 22.7 Å². The summed E-state index contributed by atoms with van der Waals surface area (Å²) in [5.41, 5.74) is 4.29. The van der Waals surface area contributed by atoms with Crippen LogP contribution in [0.2, 0.25) is 0 Å². The van der Waals surface area contributed by atoms with Gasteiger partial charge in [-0.1, -0.05) is 37.5 Å². The summed E-state index contributed by atoms with van der Waals surface area (Å²) in [5.74, 6) is 1.23. The van der Waals surface area contributed by atoms with Crippen LogP contribution in [-0.2, 0) is 19.4 Å². The normalized spacial score (nSPS) is 15.6. The van der Waals surface area contributed by atoms with Gasteiger partial charge >= 0.3 is 0 Å². The number of fused-ring (bicyclic) bond motifs is 1. The van der Waals surface area contributed by atoms with Crippen molar-refractivity contribution in [1.29, 1.82) is 5.26 Å². The van der Waals surface area contributed by atoms with Crippen molar-refractivity contribution in [2.75, 3.05) is 7.11 Å². The maximum atomic E-state index is 13.5. The van der Waals surface area contributed by atoms with Gasteiger partial charge < -0.3 is 14.8 Å². The fourth-order valence-electron chi connectivity index (χ4n) is 5.29. The number of aliphatic imine (C=N–C) groups is 1. The van der Waals surface area contributed by atoms with Gasteiger partial charge in [0.2, 0.25) is 0 Å². The van der Waals surface area contributed by atoms with Crippen LogP contribution in [-0.4, -0.2) is 25.3 Å². The average molecular weight is 528 g/mol. The van der Waals surface area contributed by atoms with Gasteiger partial charge in [-0.15, -0.1) is 11.3 Å². The Morgan fingerprint density at radius 1 is 1.11 bits per heavy atom. The molecule has 0 unspecified atom stereocenters. The Bertz CT molecular complexity index is 1350.